The minimum Gasteiger partial charge on any atom is -0.493 e. The summed E-state index contributed by atoms with van der Waals surface area (Å²) in [6, 6.07) is 2.06. The first-order valence-corrected chi connectivity index (χ1v) is 6.81. The van der Waals surface area contributed by atoms with E-state index in [0.717, 1.165) is 17.8 Å². The number of ether oxygens (including phenoxy) is 1. The third-order valence-corrected chi connectivity index (χ3v) is 3.38. The van der Waals surface area contributed by atoms with Crippen LogP contribution in [0.4, 0.5) is 0 Å². The van der Waals surface area contributed by atoms with Crippen molar-refractivity contribution in [2.45, 2.75) is 39.3 Å². The van der Waals surface area contributed by atoms with Gasteiger partial charge in [0.15, 0.2) is 5.75 Å². The zero-order chi connectivity index (χ0) is 14.9. The zero-order valence-electron chi connectivity index (χ0n) is 12.7. The molecule has 0 saturated heterocycles. The van der Waals surface area contributed by atoms with Crippen molar-refractivity contribution in [2.75, 3.05) is 7.11 Å². The summed E-state index contributed by atoms with van der Waals surface area (Å²) in [6.07, 6.45) is 1.66. The monoisotopic (exact) mass is 278 g/mol. The SMILES string of the molecule is CCc1cc(C(O)c2c(OC)cnn2C(C)C)n(C)n1. The molecule has 1 atom stereocenters. The lowest BCUT2D eigenvalue weighted by Gasteiger charge is -2.17. The van der Waals surface area contributed by atoms with Gasteiger partial charge in [-0.3, -0.25) is 9.36 Å². The van der Waals surface area contributed by atoms with Crippen molar-refractivity contribution in [3.63, 3.8) is 0 Å². The first-order chi connectivity index (χ1) is 9.49. The predicted octanol–water partition coefficient (Wildman–Crippen LogP) is 1.85. The largest absolute Gasteiger partial charge is 0.493 e. The maximum atomic E-state index is 10.7. The average Bonchev–Trinajstić information content (AvgIpc) is 3.00. The number of nitrogens with zero attached hydrogens (tertiary/aromatic N) is 4. The molecule has 0 bridgehead atoms. The third-order valence-electron chi connectivity index (χ3n) is 3.38. The van der Waals surface area contributed by atoms with Crippen LogP contribution in [0.25, 0.3) is 0 Å². The average molecular weight is 278 g/mol. The fraction of sp³-hybridized carbons (Fsp3) is 0.571. The number of aromatic nitrogens is 4. The van der Waals surface area contributed by atoms with Crippen molar-refractivity contribution in [1.82, 2.24) is 19.6 Å². The second-order valence-corrected chi connectivity index (χ2v) is 5.08. The molecule has 0 aliphatic heterocycles. The fourth-order valence-corrected chi connectivity index (χ4v) is 2.30. The van der Waals surface area contributed by atoms with E-state index in [2.05, 4.69) is 10.2 Å². The molecule has 6 nitrogen and oxygen atoms in total. The van der Waals surface area contributed by atoms with Gasteiger partial charge in [-0.25, -0.2) is 0 Å². The Kier molecular flexibility index (Phi) is 4.13. The summed E-state index contributed by atoms with van der Waals surface area (Å²) in [4.78, 5) is 0. The minimum absolute atomic E-state index is 0.141. The minimum atomic E-state index is -0.812. The van der Waals surface area contributed by atoms with Crippen LogP contribution in [0.15, 0.2) is 12.3 Å². The molecule has 1 unspecified atom stereocenters. The topological polar surface area (TPSA) is 65.1 Å². The Morgan fingerprint density at radius 1 is 1.40 bits per heavy atom. The van der Waals surface area contributed by atoms with Crippen molar-refractivity contribution in [1.29, 1.82) is 0 Å². The summed E-state index contributed by atoms with van der Waals surface area (Å²) in [7, 11) is 3.42. The van der Waals surface area contributed by atoms with E-state index in [1.807, 2.05) is 33.9 Å². The Labute approximate surface area is 119 Å². The van der Waals surface area contributed by atoms with E-state index in [0.29, 0.717) is 11.4 Å². The molecule has 0 aliphatic carbocycles. The maximum absolute atomic E-state index is 10.7. The van der Waals surface area contributed by atoms with E-state index in [9.17, 15) is 5.11 Å². The van der Waals surface area contributed by atoms with Crippen LogP contribution in [-0.2, 0) is 13.5 Å². The second-order valence-electron chi connectivity index (χ2n) is 5.08. The van der Waals surface area contributed by atoms with Crippen LogP contribution in [0, 0.1) is 0 Å². The number of methoxy groups -OCH3 is 1. The Morgan fingerprint density at radius 3 is 2.60 bits per heavy atom. The molecule has 6 heteroatoms. The molecule has 2 rings (SSSR count). The Balaban J connectivity index is 2.48. The van der Waals surface area contributed by atoms with Gasteiger partial charge in [0.1, 0.15) is 11.8 Å². The molecular formula is C14H22N4O2. The van der Waals surface area contributed by atoms with Gasteiger partial charge >= 0.3 is 0 Å². The lowest BCUT2D eigenvalue weighted by Crippen LogP contribution is -2.15. The van der Waals surface area contributed by atoms with Crippen LogP contribution >= 0.6 is 0 Å². The molecule has 2 heterocycles. The maximum Gasteiger partial charge on any atom is 0.163 e. The molecule has 110 valence electrons. The summed E-state index contributed by atoms with van der Waals surface area (Å²) in [6.45, 7) is 6.07. The van der Waals surface area contributed by atoms with Gasteiger partial charge in [0.05, 0.1) is 24.7 Å². The van der Waals surface area contributed by atoms with Crippen LogP contribution in [0.2, 0.25) is 0 Å². The molecule has 2 aromatic rings. The van der Waals surface area contributed by atoms with Crippen LogP contribution in [0.1, 0.15) is 50.0 Å². The highest BCUT2D eigenvalue weighted by Crippen LogP contribution is 2.31. The van der Waals surface area contributed by atoms with Crippen LogP contribution in [0.5, 0.6) is 5.75 Å². The standard InChI is InChI=1S/C14H22N4O2/c1-6-10-7-11(17(4)16-10)14(19)13-12(20-5)8-15-18(13)9(2)3/h7-9,14,19H,6H2,1-5H3. The summed E-state index contributed by atoms with van der Waals surface area (Å²) in [5.41, 5.74) is 2.35. The van der Waals surface area contributed by atoms with E-state index in [4.69, 9.17) is 4.74 Å². The molecule has 0 aromatic carbocycles. The number of aliphatic hydroxyl groups is 1. The van der Waals surface area contributed by atoms with Gasteiger partial charge in [-0.05, 0) is 26.3 Å². The second kappa shape index (κ2) is 5.66. The van der Waals surface area contributed by atoms with Gasteiger partial charge in [-0.15, -0.1) is 0 Å². The molecule has 0 amide bonds. The van der Waals surface area contributed by atoms with E-state index in [-0.39, 0.29) is 6.04 Å². The number of hydrogen-bond donors (Lipinski definition) is 1. The van der Waals surface area contributed by atoms with Crippen LogP contribution < -0.4 is 4.74 Å². The summed E-state index contributed by atoms with van der Waals surface area (Å²) < 4.78 is 8.81. The molecule has 0 fully saturated rings. The number of rotatable bonds is 5. The molecule has 0 saturated carbocycles. The van der Waals surface area contributed by atoms with Gasteiger partial charge in [0.2, 0.25) is 0 Å². The zero-order valence-corrected chi connectivity index (χ0v) is 12.7. The molecule has 0 spiro atoms. The lowest BCUT2D eigenvalue weighted by atomic mass is 10.1. The van der Waals surface area contributed by atoms with Crippen molar-refractivity contribution >= 4 is 0 Å². The predicted molar refractivity (Wildman–Crippen MR) is 75.8 cm³/mol. The first kappa shape index (κ1) is 14.6. The van der Waals surface area contributed by atoms with Gasteiger partial charge in [0, 0.05) is 13.1 Å². The Hall–Kier alpha value is -1.82. The molecule has 0 aliphatic rings. The third kappa shape index (κ3) is 2.43. The van der Waals surface area contributed by atoms with E-state index < -0.39 is 6.10 Å². The van der Waals surface area contributed by atoms with Crippen molar-refractivity contribution in [2.24, 2.45) is 7.05 Å². The smallest absolute Gasteiger partial charge is 0.163 e. The van der Waals surface area contributed by atoms with Crippen LogP contribution in [0.3, 0.4) is 0 Å². The summed E-state index contributed by atoms with van der Waals surface area (Å²) >= 11 is 0. The Bertz CT molecular complexity index is 586. The molecule has 0 radical (unpaired) electrons. The van der Waals surface area contributed by atoms with Crippen molar-refractivity contribution in [3.05, 3.63) is 29.3 Å². The van der Waals surface area contributed by atoms with E-state index >= 15 is 0 Å². The van der Waals surface area contributed by atoms with E-state index in [1.165, 1.54) is 0 Å². The molecular weight excluding hydrogens is 256 g/mol. The summed E-state index contributed by atoms with van der Waals surface area (Å²) in [5.74, 6) is 0.588. The highest BCUT2D eigenvalue weighted by molar-refractivity contribution is 5.33. The molecule has 1 N–H and O–H groups in total. The molecule has 20 heavy (non-hydrogen) atoms. The number of aryl methyl sites for hydroxylation is 2. The number of aliphatic hydroxyl groups excluding tert-OH is 1. The first-order valence-electron chi connectivity index (χ1n) is 6.81. The van der Waals surface area contributed by atoms with Gasteiger partial charge in [-0.1, -0.05) is 6.92 Å². The highest BCUT2D eigenvalue weighted by atomic mass is 16.5. The van der Waals surface area contributed by atoms with Gasteiger partial charge in [-0.2, -0.15) is 10.2 Å². The summed E-state index contributed by atoms with van der Waals surface area (Å²) in [5, 5.41) is 19.4. The Morgan fingerprint density at radius 2 is 2.10 bits per heavy atom. The highest BCUT2D eigenvalue weighted by Gasteiger charge is 2.25. The fourth-order valence-electron chi connectivity index (χ4n) is 2.30. The van der Waals surface area contributed by atoms with Crippen molar-refractivity contribution in [3.8, 4) is 5.75 Å². The normalized spacial score (nSPS) is 12.9. The lowest BCUT2D eigenvalue weighted by molar-refractivity contribution is 0.190. The quantitative estimate of drug-likeness (QED) is 0.906. The van der Waals surface area contributed by atoms with Gasteiger partial charge < -0.3 is 9.84 Å². The number of hydrogen-bond acceptors (Lipinski definition) is 4. The van der Waals surface area contributed by atoms with Crippen molar-refractivity contribution < 1.29 is 9.84 Å². The van der Waals surface area contributed by atoms with Crippen LogP contribution in [-0.4, -0.2) is 31.8 Å². The van der Waals surface area contributed by atoms with Gasteiger partial charge in [0.25, 0.3) is 0 Å². The molecule has 2 aromatic heterocycles. The van der Waals surface area contributed by atoms with E-state index in [1.54, 1.807) is 22.7 Å².